The summed E-state index contributed by atoms with van der Waals surface area (Å²) in [6, 6.07) is 8.32. The van der Waals surface area contributed by atoms with E-state index in [0.29, 0.717) is 0 Å². The highest BCUT2D eigenvalue weighted by Crippen LogP contribution is 2.46. The fraction of sp³-hybridized carbons (Fsp3) is 0.273. The number of nitrogens with zero attached hydrogens (tertiary/aromatic N) is 1. The highest BCUT2D eigenvalue weighted by molar-refractivity contribution is 6.06. The van der Waals surface area contributed by atoms with Gasteiger partial charge in [0.2, 0.25) is 0 Å². The molecule has 0 saturated heterocycles. The molecule has 0 spiro atoms. The molecular weight excluding hydrogens is 342 g/mol. The van der Waals surface area contributed by atoms with Crippen LogP contribution >= 0.6 is 0 Å². The average Bonchev–Trinajstić information content (AvgIpc) is 2.71. The Bertz CT molecular complexity index is 1000. The number of fused-ring (bicyclic) bond motifs is 5. The molecular formula is C22H23NO4. The molecule has 2 aromatic rings. The predicted octanol–water partition coefficient (Wildman–Crippen LogP) is 4.13. The Morgan fingerprint density at radius 2 is 1.67 bits per heavy atom. The molecule has 27 heavy (non-hydrogen) atoms. The van der Waals surface area contributed by atoms with Gasteiger partial charge in [0.1, 0.15) is 11.9 Å². The van der Waals surface area contributed by atoms with Crippen LogP contribution in [0.25, 0.3) is 16.3 Å². The van der Waals surface area contributed by atoms with Crippen LogP contribution in [0.1, 0.15) is 5.56 Å². The Labute approximate surface area is 159 Å². The summed E-state index contributed by atoms with van der Waals surface area (Å²) in [6.07, 6.45) is 6.08. The molecule has 0 radical (unpaired) electrons. The zero-order valence-corrected chi connectivity index (χ0v) is 16.2. The second-order valence-corrected chi connectivity index (χ2v) is 6.57. The van der Waals surface area contributed by atoms with Gasteiger partial charge in [0.05, 0.1) is 27.0 Å². The van der Waals surface area contributed by atoms with Crippen LogP contribution < -0.4 is 14.4 Å². The van der Waals surface area contributed by atoms with Crippen molar-refractivity contribution in [1.29, 1.82) is 0 Å². The van der Waals surface area contributed by atoms with E-state index in [2.05, 4.69) is 36.4 Å². The van der Waals surface area contributed by atoms with Crippen molar-refractivity contribution < 1.29 is 18.9 Å². The number of hydrogen-bond donors (Lipinski definition) is 0. The Kier molecular flexibility index (Phi) is 4.32. The second-order valence-electron chi connectivity index (χ2n) is 6.57. The summed E-state index contributed by atoms with van der Waals surface area (Å²) < 4.78 is 22.1. The first-order valence-corrected chi connectivity index (χ1v) is 8.75. The molecule has 4 rings (SSSR count). The summed E-state index contributed by atoms with van der Waals surface area (Å²) in [5.41, 5.74) is 4.54. The molecule has 5 heteroatoms. The fourth-order valence-electron chi connectivity index (χ4n) is 3.86. The van der Waals surface area contributed by atoms with Crippen LogP contribution in [0.5, 0.6) is 11.5 Å². The predicted molar refractivity (Wildman–Crippen MR) is 107 cm³/mol. The summed E-state index contributed by atoms with van der Waals surface area (Å²) in [4.78, 5) is 2.15. The van der Waals surface area contributed by atoms with Crippen LogP contribution in [-0.2, 0) is 9.47 Å². The molecule has 0 fully saturated rings. The second kappa shape index (κ2) is 6.67. The molecule has 1 heterocycles. The molecule has 1 atom stereocenters. The van der Waals surface area contributed by atoms with Crippen molar-refractivity contribution in [3.63, 3.8) is 0 Å². The van der Waals surface area contributed by atoms with Crippen LogP contribution in [-0.4, -0.2) is 41.6 Å². The van der Waals surface area contributed by atoms with Crippen molar-refractivity contribution in [2.24, 2.45) is 0 Å². The van der Waals surface area contributed by atoms with Gasteiger partial charge in [-0.15, -0.1) is 0 Å². The highest BCUT2D eigenvalue weighted by Gasteiger charge is 2.28. The maximum Gasteiger partial charge on any atom is 0.161 e. The van der Waals surface area contributed by atoms with E-state index in [4.69, 9.17) is 18.9 Å². The quantitative estimate of drug-likeness (QED) is 0.815. The van der Waals surface area contributed by atoms with Gasteiger partial charge in [0.25, 0.3) is 0 Å². The summed E-state index contributed by atoms with van der Waals surface area (Å²) in [5, 5.41) is 2.21. The Morgan fingerprint density at radius 1 is 0.926 bits per heavy atom. The van der Waals surface area contributed by atoms with Gasteiger partial charge >= 0.3 is 0 Å². The molecule has 0 amide bonds. The molecule has 2 aromatic carbocycles. The summed E-state index contributed by atoms with van der Waals surface area (Å²) in [6.45, 7) is 0. The molecule has 0 bridgehead atoms. The van der Waals surface area contributed by atoms with Crippen LogP contribution in [0.3, 0.4) is 0 Å². The first-order chi connectivity index (χ1) is 13.1. The molecule has 0 aromatic heterocycles. The first-order valence-electron chi connectivity index (χ1n) is 8.75. The number of methoxy groups -OCH3 is 4. The Hall–Kier alpha value is -2.92. The summed E-state index contributed by atoms with van der Waals surface area (Å²) >= 11 is 0. The smallest absolute Gasteiger partial charge is 0.161 e. The summed E-state index contributed by atoms with van der Waals surface area (Å²) in [5.74, 6) is 2.25. The van der Waals surface area contributed by atoms with Crippen molar-refractivity contribution in [2.75, 3.05) is 40.4 Å². The van der Waals surface area contributed by atoms with Gasteiger partial charge in [-0.2, -0.15) is 0 Å². The third-order valence-corrected chi connectivity index (χ3v) is 5.17. The van der Waals surface area contributed by atoms with Crippen LogP contribution in [0, 0.1) is 0 Å². The number of hydrogen-bond acceptors (Lipinski definition) is 5. The lowest BCUT2D eigenvalue weighted by Crippen LogP contribution is -2.22. The molecule has 140 valence electrons. The van der Waals surface area contributed by atoms with Crippen molar-refractivity contribution in [2.45, 2.75) is 6.10 Å². The minimum absolute atomic E-state index is 0.195. The third-order valence-electron chi connectivity index (χ3n) is 5.17. The fourth-order valence-corrected chi connectivity index (χ4v) is 3.86. The normalized spacial score (nSPS) is 18.2. The molecule has 0 saturated carbocycles. The molecule has 1 unspecified atom stereocenters. The highest BCUT2D eigenvalue weighted by atomic mass is 16.5. The van der Waals surface area contributed by atoms with E-state index in [9.17, 15) is 0 Å². The standard InChI is InChI=1S/C22H23NO4/c1-23-12-14-9-19(25-3)20(26-4)10-16(14)15-7-6-13-8-18(24-2)21(27-5)11-17(13)22(15)23/h6-12,20H,1-5H3. The van der Waals surface area contributed by atoms with Crippen molar-refractivity contribution in [1.82, 2.24) is 0 Å². The van der Waals surface area contributed by atoms with E-state index in [1.54, 1.807) is 28.4 Å². The van der Waals surface area contributed by atoms with Crippen LogP contribution in [0.4, 0.5) is 5.69 Å². The largest absolute Gasteiger partial charge is 0.498 e. The maximum atomic E-state index is 5.59. The lowest BCUT2D eigenvalue weighted by atomic mass is 9.86. The van der Waals surface area contributed by atoms with Crippen molar-refractivity contribution >= 4 is 22.0 Å². The number of anilines is 1. The lowest BCUT2D eigenvalue weighted by Gasteiger charge is -2.32. The topological polar surface area (TPSA) is 40.2 Å². The zero-order valence-electron chi connectivity index (χ0n) is 16.2. The Balaban J connectivity index is 1.95. The van der Waals surface area contributed by atoms with Crippen molar-refractivity contribution in [3.05, 3.63) is 59.5 Å². The minimum atomic E-state index is -0.195. The van der Waals surface area contributed by atoms with Gasteiger partial charge in [-0.1, -0.05) is 12.1 Å². The van der Waals surface area contributed by atoms with Crippen molar-refractivity contribution in [3.8, 4) is 11.5 Å². The molecule has 0 N–H and O–H groups in total. The van der Waals surface area contributed by atoms with Gasteiger partial charge in [0, 0.05) is 36.9 Å². The monoisotopic (exact) mass is 365 g/mol. The zero-order chi connectivity index (χ0) is 19.1. The van der Waals surface area contributed by atoms with E-state index < -0.39 is 0 Å². The van der Waals surface area contributed by atoms with Gasteiger partial charge in [0.15, 0.2) is 11.5 Å². The molecule has 2 aliphatic rings. The van der Waals surface area contributed by atoms with Gasteiger partial charge in [-0.05, 0) is 35.2 Å². The van der Waals surface area contributed by atoms with E-state index in [0.717, 1.165) is 50.4 Å². The molecule has 1 aliphatic carbocycles. The minimum Gasteiger partial charge on any atom is -0.498 e. The maximum absolute atomic E-state index is 5.59. The third kappa shape index (κ3) is 2.66. The lowest BCUT2D eigenvalue weighted by molar-refractivity contribution is 0.110. The number of rotatable bonds is 4. The summed E-state index contributed by atoms with van der Waals surface area (Å²) in [7, 11) is 8.73. The molecule has 1 aliphatic heterocycles. The van der Waals surface area contributed by atoms with Crippen LogP contribution in [0.2, 0.25) is 0 Å². The van der Waals surface area contributed by atoms with E-state index in [-0.39, 0.29) is 6.10 Å². The van der Waals surface area contributed by atoms with Crippen LogP contribution in [0.15, 0.2) is 53.9 Å². The Morgan fingerprint density at radius 3 is 2.33 bits per heavy atom. The van der Waals surface area contributed by atoms with E-state index >= 15 is 0 Å². The van der Waals surface area contributed by atoms with E-state index in [1.807, 2.05) is 18.2 Å². The SMILES string of the molecule is COC1=CC2=CN(C)c3c(ccc4cc(OC)c(OC)cc34)C2=CC1OC. The number of allylic oxidation sites excluding steroid dienone is 3. The van der Waals surface area contributed by atoms with E-state index in [1.165, 1.54) is 0 Å². The first kappa shape index (κ1) is 17.5. The number of benzene rings is 2. The number of ether oxygens (including phenoxy) is 4. The van der Waals surface area contributed by atoms with Gasteiger partial charge < -0.3 is 23.8 Å². The average molecular weight is 365 g/mol. The molecule has 5 nitrogen and oxygen atoms in total. The van der Waals surface area contributed by atoms with Gasteiger partial charge in [-0.25, -0.2) is 0 Å². The van der Waals surface area contributed by atoms with Gasteiger partial charge in [-0.3, -0.25) is 0 Å².